The van der Waals surface area contributed by atoms with Crippen LogP contribution in [-0.4, -0.2) is 5.78 Å². The fraction of sp³-hybridized carbons (Fsp3) is 0.188. The minimum Gasteiger partial charge on any atom is -0.299 e. The molecule has 17 heavy (non-hydrogen) atoms. The SMILES string of the molecule is Cc1cccc(CC(=O)Cc2ccccc2)c1. The smallest absolute Gasteiger partial charge is 0.141 e. The Bertz CT molecular complexity index is 500. The van der Waals surface area contributed by atoms with Crippen LogP contribution in [0.2, 0.25) is 0 Å². The summed E-state index contributed by atoms with van der Waals surface area (Å²) in [4.78, 5) is 11.9. The zero-order chi connectivity index (χ0) is 12.1. The first-order chi connectivity index (χ1) is 8.24. The van der Waals surface area contributed by atoms with Crippen molar-refractivity contribution in [3.05, 3.63) is 71.3 Å². The van der Waals surface area contributed by atoms with Crippen LogP contribution in [0.3, 0.4) is 0 Å². The summed E-state index contributed by atoms with van der Waals surface area (Å²) >= 11 is 0. The van der Waals surface area contributed by atoms with Crippen molar-refractivity contribution in [2.24, 2.45) is 0 Å². The topological polar surface area (TPSA) is 17.1 Å². The summed E-state index contributed by atoms with van der Waals surface area (Å²) in [6, 6.07) is 18.0. The molecule has 0 aliphatic rings. The second kappa shape index (κ2) is 5.44. The zero-order valence-electron chi connectivity index (χ0n) is 10.0. The maximum atomic E-state index is 11.9. The third-order valence-electron chi connectivity index (χ3n) is 2.73. The Morgan fingerprint density at radius 3 is 2.24 bits per heavy atom. The van der Waals surface area contributed by atoms with Crippen molar-refractivity contribution in [1.82, 2.24) is 0 Å². The monoisotopic (exact) mass is 224 g/mol. The van der Waals surface area contributed by atoms with E-state index in [2.05, 4.69) is 6.07 Å². The van der Waals surface area contributed by atoms with Gasteiger partial charge in [-0.15, -0.1) is 0 Å². The van der Waals surface area contributed by atoms with Crippen LogP contribution in [0.4, 0.5) is 0 Å². The van der Waals surface area contributed by atoms with E-state index in [1.807, 2.05) is 55.5 Å². The molecule has 0 N–H and O–H groups in total. The summed E-state index contributed by atoms with van der Waals surface area (Å²) < 4.78 is 0. The van der Waals surface area contributed by atoms with Crippen molar-refractivity contribution in [2.45, 2.75) is 19.8 Å². The second-order valence-electron chi connectivity index (χ2n) is 4.37. The van der Waals surface area contributed by atoms with Gasteiger partial charge < -0.3 is 0 Å². The molecule has 2 aromatic carbocycles. The zero-order valence-corrected chi connectivity index (χ0v) is 10.0. The van der Waals surface area contributed by atoms with Gasteiger partial charge in [-0.2, -0.15) is 0 Å². The predicted octanol–water partition coefficient (Wildman–Crippen LogP) is 3.35. The number of carbonyl (C=O) groups excluding carboxylic acids is 1. The van der Waals surface area contributed by atoms with Gasteiger partial charge in [-0.3, -0.25) is 4.79 Å². The fourth-order valence-corrected chi connectivity index (χ4v) is 1.94. The summed E-state index contributed by atoms with van der Waals surface area (Å²) in [7, 11) is 0. The van der Waals surface area contributed by atoms with E-state index < -0.39 is 0 Å². The lowest BCUT2D eigenvalue weighted by molar-refractivity contribution is -0.117. The normalized spacial score (nSPS) is 10.2. The Hall–Kier alpha value is -1.89. The van der Waals surface area contributed by atoms with Crippen LogP contribution in [-0.2, 0) is 17.6 Å². The average Bonchev–Trinajstić information content (AvgIpc) is 2.30. The molecule has 0 atom stereocenters. The van der Waals surface area contributed by atoms with Gasteiger partial charge in [0.2, 0.25) is 0 Å². The van der Waals surface area contributed by atoms with Gasteiger partial charge in [-0.25, -0.2) is 0 Å². The maximum absolute atomic E-state index is 11.9. The van der Waals surface area contributed by atoms with Gasteiger partial charge >= 0.3 is 0 Å². The lowest BCUT2D eigenvalue weighted by Gasteiger charge is -2.02. The van der Waals surface area contributed by atoms with Crippen LogP contribution in [0.25, 0.3) is 0 Å². The summed E-state index contributed by atoms with van der Waals surface area (Å²) in [6.07, 6.45) is 1.05. The molecule has 0 heterocycles. The number of hydrogen-bond acceptors (Lipinski definition) is 1. The quantitative estimate of drug-likeness (QED) is 0.778. The van der Waals surface area contributed by atoms with Gasteiger partial charge in [-0.05, 0) is 18.1 Å². The molecule has 0 aromatic heterocycles. The molecule has 1 nitrogen and oxygen atoms in total. The molecular weight excluding hydrogens is 208 g/mol. The molecule has 0 aliphatic carbocycles. The lowest BCUT2D eigenvalue weighted by atomic mass is 10.0. The van der Waals surface area contributed by atoms with Gasteiger partial charge in [0.15, 0.2) is 0 Å². The summed E-state index contributed by atoms with van der Waals surface area (Å²) in [5.41, 5.74) is 3.39. The third kappa shape index (κ3) is 3.56. The van der Waals surface area contributed by atoms with Gasteiger partial charge in [0, 0.05) is 12.8 Å². The average molecular weight is 224 g/mol. The van der Waals surface area contributed by atoms with E-state index >= 15 is 0 Å². The molecule has 0 saturated carbocycles. The number of Topliss-reactive ketones (excluding diaryl/α,β-unsaturated/α-hetero) is 1. The standard InChI is InChI=1S/C16H16O/c1-13-6-5-9-15(10-13)12-16(17)11-14-7-3-2-4-8-14/h2-10H,11-12H2,1H3. The maximum Gasteiger partial charge on any atom is 0.141 e. The molecule has 2 rings (SSSR count). The molecule has 2 aromatic rings. The number of ketones is 1. The van der Waals surface area contributed by atoms with Crippen LogP contribution in [0.15, 0.2) is 54.6 Å². The van der Waals surface area contributed by atoms with Crippen molar-refractivity contribution in [3.63, 3.8) is 0 Å². The molecule has 0 aliphatic heterocycles. The van der Waals surface area contributed by atoms with E-state index in [1.165, 1.54) is 5.56 Å². The molecule has 0 amide bonds. The number of aryl methyl sites for hydroxylation is 1. The molecule has 1 heteroatoms. The van der Waals surface area contributed by atoms with E-state index in [-0.39, 0.29) is 5.78 Å². The Labute approximate surface area is 102 Å². The van der Waals surface area contributed by atoms with Crippen LogP contribution in [0.1, 0.15) is 16.7 Å². The Morgan fingerprint density at radius 1 is 0.882 bits per heavy atom. The van der Waals surface area contributed by atoms with Gasteiger partial charge in [0.25, 0.3) is 0 Å². The van der Waals surface area contributed by atoms with Crippen LogP contribution >= 0.6 is 0 Å². The molecule has 0 unspecified atom stereocenters. The van der Waals surface area contributed by atoms with Crippen molar-refractivity contribution >= 4 is 5.78 Å². The molecular formula is C16H16O. The number of rotatable bonds is 4. The summed E-state index contributed by atoms with van der Waals surface area (Å²) in [6.45, 7) is 2.05. The minimum atomic E-state index is 0.266. The molecule has 0 saturated heterocycles. The van der Waals surface area contributed by atoms with E-state index in [1.54, 1.807) is 0 Å². The van der Waals surface area contributed by atoms with Gasteiger partial charge in [0.1, 0.15) is 5.78 Å². The van der Waals surface area contributed by atoms with E-state index in [4.69, 9.17) is 0 Å². The Balaban J connectivity index is 1.98. The van der Waals surface area contributed by atoms with E-state index in [9.17, 15) is 4.79 Å². The second-order valence-corrected chi connectivity index (χ2v) is 4.37. The van der Waals surface area contributed by atoms with Crippen molar-refractivity contribution in [1.29, 1.82) is 0 Å². The highest BCUT2D eigenvalue weighted by atomic mass is 16.1. The third-order valence-corrected chi connectivity index (χ3v) is 2.73. The molecule has 0 spiro atoms. The van der Waals surface area contributed by atoms with Crippen molar-refractivity contribution in [3.8, 4) is 0 Å². The van der Waals surface area contributed by atoms with Crippen LogP contribution in [0.5, 0.6) is 0 Å². The highest BCUT2D eigenvalue weighted by molar-refractivity contribution is 5.83. The first-order valence-corrected chi connectivity index (χ1v) is 5.85. The first-order valence-electron chi connectivity index (χ1n) is 5.85. The molecule has 86 valence electrons. The lowest BCUT2D eigenvalue weighted by Crippen LogP contribution is -2.06. The number of benzene rings is 2. The van der Waals surface area contributed by atoms with Crippen molar-refractivity contribution in [2.75, 3.05) is 0 Å². The first kappa shape index (κ1) is 11.6. The highest BCUT2D eigenvalue weighted by Gasteiger charge is 2.04. The van der Waals surface area contributed by atoms with Crippen LogP contribution < -0.4 is 0 Å². The minimum absolute atomic E-state index is 0.266. The molecule has 0 bridgehead atoms. The van der Waals surface area contributed by atoms with Gasteiger partial charge in [0.05, 0.1) is 0 Å². The van der Waals surface area contributed by atoms with Gasteiger partial charge in [-0.1, -0.05) is 60.2 Å². The molecule has 0 fully saturated rings. The van der Waals surface area contributed by atoms with Crippen LogP contribution in [0, 0.1) is 6.92 Å². The Kier molecular flexibility index (Phi) is 3.71. The number of carbonyl (C=O) groups is 1. The van der Waals surface area contributed by atoms with E-state index in [0.29, 0.717) is 12.8 Å². The fourth-order valence-electron chi connectivity index (χ4n) is 1.94. The van der Waals surface area contributed by atoms with Crippen molar-refractivity contribution < 1.29 is 4.79 Å². The Morgan fingerprint density at radius 2 is 1.53 bits per heavy atom. The predicted molar refractivity (Wildman–Crippen MR) is 70.0 cm³/mol. The highest BCUT2D eigenvalue weighted by Crippen LogP contribution is 2.07. The molecule has 0 radical (unpaired) electrons. The summed E-state index contributed by atoms with van der Waals surface area (Å²) in [5.74, 6) is 0.266. The largest absolute Gasteiger partial charge is 0.299 e. The summed E-state index contributed by atoms with van der Waals surface area (Å²) in [5, 5.41) is 0. The van der Waals surface area contributed by atoms with E-state index in [0.717, 1.165) is 11.1 Å². The number of hydrogen-bond donors (Lipinski definition) is 0.